The van der Waals surface area contributed by atoms with Crippen molar-refractivity contribution in [1.29, 1.82) is 0 Å². The van der Waals surface area contributed by atoms with Crippen LogP contribution in [0.1, 0.15) is 6.92 Å². The number of allylic oxidation sites excluding steroid dienone is 2. The van der Waals surface area contributed by atoms with Crippen molar-refractivity contribution in [3.8, 4) is 0 Å². The van der Waals surface area contributed by atoms with Gasteiger partial charge in [0.05, 0.1) is 0 Å². The van der Waals surface area contributed by atoms with E-state index in [1.54, 1.807) is 24.7 Å². The molecule has 0 saturated carbocycles. The fourth-order valence-electron chi connectivity index (χ4n) is 0.471. The smallest absolute Gasteiger partial charge is 0.147 e. The van der Waals surface area contributed by atoms with Crippen molar-refractivity contribution < 1.29 is 24.7 Å². The Morgan fingerprint density at radius 1 is 1.30 bits per heavy atom. The summed E-state index contributed by atoms with van der Waals surface area (Å²) in [6.45, 7) is 2.32. The third-order valence-electron chi connectivity index (χ3n) is 0.850. The second-order valence-corrected chi connectivity index (χ2v) is 9.70. The molecule has 0 fully saturated rings. The minimum absolute atomic E-state index is 0. The SMILES string of the molecule is C[C]1([Zr])C=CC=[As]1.Cl.Cl.Cl. The van der Waals surface area contributed by atoms with E-state index in [-0.39, 0.29) is 37.2 Å². The van der Waals surface area contributed by atoms with Crippen LogP contribution in [-0.4, -0.2) is 20.1 Å². The van der Waals surface area contributed by atoms with E-state index in [9.17, 15) is 0 Å². The average Bonchev–Trinajstić information content (AvgIpc) is 1.84. The molecule has 10 heavy (non-hydrogen) atoms. The van der Waals surface area contributed by atoms with Crippen LogP contribution in [0.4, 0.5) is 0 Å². The first-order valence-corrected chi connectivity index (χ1v) is 5.44. The summed E-state index contributed by atoms with van der Waals surface area (Å²) in [5.74, 6) is 0. The van der Waals surface area contributed by atoms with Crippen LogP contribution in [0.5, 0.6) is 0 Å². The molecule has 0 aromatic carbocycles. The first kappa shape index (κ1) is 17.9. The van der Waals surface area contributed by atoms with E-state index >= 15 is 0 Å². The van der Waals surface area contributed by atoms with Gasteiger partial charge in [0.25, 0.3) is 0 Å². The zero-order valence-electron chi connectivity index (χ0n) is 5.40. The van der Waals surface area contributed by atoms with Gasteiger partial charge in [-0.3, -0.25) is 0 Å². The fraction of sp³-hybridized carbons (Fsp3) is 0.400. The van der Waals surface area contributed by atoms with E-state index in [2.05, 4.69) is 23.9 Å². The maximum Gasteiger partial charge on any atom is -0.147 e. The molecule has 59 valence electrons. The normalized spacial score (nSPS) is 27.6. The van der Waals surface area contributed by atoms with E-state index in [0.717, 1.165) is 0 Å². The van der Waals surface area contributed by atoms with Crippen molar-refractivity contribution in [3.63, 3.8) is 0 Å². The van der Waals surface area contributed by atoms with E-state index in [4.69, 9.17) is 0 Å². The molecule has 1 heterocycles. The molecular weight excluding hydrogens is 333 g/mol. The Morgan fingerprint density at radius 3 is 1.90 bits per heavy atom. The Hall–Kier alpha value is 1.92. The molecule has 0 radical (unpaired) electrons. The summed E-state index contributed by atoms with van der Waals surface area (Å²) < 4.78 is 0.642. The van der Waals surface area contributed by atoms with Crippen LogP contribution in [0.2, 0.25) is 1.91 Å². The van der Waals surface area contributed by atoms with Gasteiger partial charge in [-0.1, -0.05) is 0 Å². The largest absolute Gasteiger partial charge is 0.147 e. The second-order valence-electron chi connectivity index (χ2n) is 1.78. The number of hydrogen-bond donors (Lipinski definition) is 0. The minimum atomic E-state index is 0. The molecule has 0 nitrogen and oxygen atoms in total. The van der Waals surface area contributed by atoms with Crippen molar-refractivity contribution in [2.45, 2.75) is 8.83 Å². The molecule has 0 aromatic heterocycles. The van der Waals surface area contributed by atoms with Crippen molar-refractivity contribution in [1.82, 2.24) is 0 Å². The molecule has 1 rings (SSSR count). The van der Waals surface area contributed by atoms with Gasteiger partial charge >= 0.3 is 65.8 Å². The summed E-state index contributed by atoms with van der Waals surface area (Å²) in [6.07, 6.45) is 4.53. The van der Waals surface area contributed by atoms with E-state index in [1.807, 2.05) is 0 Å². The summed E-state index contributed by atoms with van der Waals surface area (Å²) in [5.41, 5.74) is 0. The zero-order valence-corrected chi connectivity index (χ0v) is 12.2. The third-order valence-corrected chi connectivity index (χ3v) is 5.02. The van der Waals surface area contributed by atoms with Crippen LogP contribution >= 0.6 is 37.2 Å². The minimum Gasteiger partial charge on any atom is -0.147 e. The van der Waals surface area contributed by atoms with Crippen LogP contribution in [0, 0.1) is 0 Å². The second kappa shape index (κ2) is 7.56. The Kier molecular flexibility index (Phi) is 13.5. The van der Waals surface area contributed by atoms with Gasteiger partial charge in [-0.2, -0.15) is 0 Å². The molecule has 1 atom stereocenters. The van der Waals surface area contributed by atoms with Crippen LogP contribution in [0.3, 0.4) is 0 Å². The molecule has 5 heteroatoms. The van der Waals surface area contributed by atoms with Gasteiger partial charge in [-0.05, 0) is 0 Å². The van der Waals surface area contributed by atoms with Gasteiger partial charge in [0.15, 0.2) is 0 Å². The summed E-state index contributed by atoms with van der Waals surface area (Å²) >= 11 is 2.20. The quantitative estimate of drug-likeness (QED) is 0.591. The predicted molar refractivity (Wildman–Crippen MR) is 51.1 cm³/mol. The molecule has 0 aliphatic carbocycles. The number of hydrogen-bond acceptors (Lipinski definition) is 0. The van der Waals surface area contributed by atoms with E-state index < -0.39 is 0 Å². The molecule has 0 N–H and O–H groups in total. The van der Waals surface area contributed by atoms with Gasteiger partial charge in [-0.15, -0.1) is 37.2 Å². The average molecular weight is 342 g/mol. The first-order valence-electron chi connectivity index (χ1n) is 2.19. The van der Waals surface area contributed by atoms with Crippen LogP contribution in [0.25, 0.3) is 0 Å². The van der Waals surface area contributed by atoms with E-state index in [0.29, 0.717) is 17.2 Å². The molecule has 0 saturated heterocycles. The standard InChI is InChI=1S/C5H6As.3ClH.Zr/c1-5-3-2-4-6-5;;;;/h2-4H,1H3;3*1H;. The Morgan fingerprint density at radius 2 is 1.80 bits per heavy atom. The van der Waals surface area contributed by atoms with Crippen molar-refractivity contribution in [3.05, 3.63) is 12.2 Å². The van der Waals surface area contributed by atoms with Gasteiger partial charge < -0.3 is 0 Å². The van der Waals surface area contributed by atoms with Gasteiger partial charge in [-0.25, -0.2) is 0 Å². The zero-order chi connectivity index (χ0) is 5.33. The Balaban J connectivity index is -0.000000163. The third kappa shape index (κ3) is 6.62. The topological polar surface area (TPSA) is 0 Å². The predicted octanol–water partition coefficient (Wildman–Crippen LogP) is 2.01. The summed E-state index contributed by atoms with van der Waals surface area (Å²) in [4.78, 5) is 2.32. The molecule has 0 bridgehead atoms. The van der Waals surface area contributed by atoms with Crippen LogP contribution < -0.4 is 0 Å². The number of halogens is 3. The van der Waals surface area contributed by atoms with Gasteiger partial charge in [0.1, 0.15) is 0 Å². The molecule has 1 unspecified atom stereocenters. The monoisotopic (exact) mass is 339 g/mol. The van der Waals surface area contributed by atoms with Gasteiger partial charge in [0, 0.05) is 0 Å². The Bertz CT molecular complexity index is 119. The molecule has 0 amide bonds. The van der Waals surface area contributed by atoms with Crippen LogP contribution in [0.15, 0.2) is 12.2 Å². The Labute approximate surface area is 102 Å². The first-order chi connectivity index (χ1) is 3.21. The molecule has 1 aliphatic heterocycles. The summed E-state index contributed by atoms with van der Waals surface area (Å²) in [6, 6.07) is 0. The van der Waals surface area contributed by atoms with Crippen molar-refractivity contribution in [2.75, 3.05) is 0 Å². The summed E-state index contributed by atoms with van der Waals surface area (Å²) in [7, 11) is 0. The van der Waals surface area contributed by atoms with Crippen molar-refractivity contribution in [2.24, 2.45) is 0 Å². The maximum absolute atomic E-state index is 2.32. The van der Waals surface area contributed by atoms with Crippen LogP contribution in [-0.2, 0) is 24.7 Å². The maximum atomic E-state index is 2.32. The molecular formula is C5H9AsCl3Zr. The number of rotatable bonds is 0. The van der Waals surface area contributed by atoms with Crippen molar-refractivity contribution >= 4 is 57.3 Å². The van der Waals surface area contributed by atoms with E-state index in [1.165, 1.54) is 0 Å². The molecule has 0 spiro atoms. The summed E-state index contributed by atoms with van der Waals surface area (Å²) in [5, 5.41) is 0. The molecule has 1 aliphatic rings. The fourth-order valence-corrected chi connectivity index (χ4v) is 3.03. The van der Waals surface area contributed by atoms with Gasteiger partial charge in [0.2, 0.25) is 0 Å². The molecule has 0 aromatic rings.